The van der Waals surface area contributed by atoms with Gasteiger partial charge in [0.1, 0.15) is 11.9 Å². The zero-order chi connectivity index (χ0) is 25.5. The van der Waals surface area contributed by atoms with Gasteiger partial charge in [0.2, 0.25) is 0 Å². The average molecular weight is 497 g/mol. The van der Waals surface area contributed by atoms with Crippen LogP contribution in [0.5, 0.6) is 0 Å². The molecule has 1 unspecified atom stereocenters. The van der Waals surface area contributed by atoms with Crippen molar-refractivity contribution in [3.05, 3.63) is 94.1 Å². The molecule has 186 valence electrons. The van der Waals surface area contributed by atoms with Gasteiger partial charge in [-0.3, -0.25) is 9.59 Å². The minimum Gasteiger partial charge on any atom is -0.465 e. The first-order chi connectivity index (χ1) is 18.1. The molecule has 0 saturated carbocycles. The molecule has 37 heavy (non-hydrogen) atoms. The van der Waals surface area contributed by atoms with Crippen molar-refractivity contribution in [2.45, 2.75) is 32.2 Å². The Balaban J connectivity index is 1.43. The first-order valence-corrected chi connectivity index (χ1v) is 12.1. The largest absolute Gasteiger partial charge is 0.465 e. The van der Waals surface area contributed by atoms with Gasteiger partial charge < -0.3 is 14.2 Å². The third-order valence-electron chi connectivity index (χ3n) is 6.94. The van der Waals surface area contributed by atoms with Gasteiger partial charge in [-0.05, 0) is 42.2 Å². The third-order valence-corrected chi connectivity index (χ3v) is 6.94. The lowest BCUT2D eigenvalue weighted by Gasteiger charge is -2.21. The van der Waals surface area contributed by atoms with Crippen LogP contribution in [0, 0.1) is 0 Å². The van der Waals surface area contributed by atoms with Crippen LogP contribution >= 0.6 is 0 Å². The molecule has 0 bridgehead atoms. The van der Waals surface area contributed by atoms with Crippen molar-refractivity contribution in [3.63, 3.8) is 0 Å². The molecule has 1 aliphatic carbocycles. The molecule has 8 nitrogen and oxygen atoms in total. The first kappa shape index (κ1) is 23.3. The van der Waals surface area contributed by atoms with E-state index in [1.54, 1.807) is 24.3 Å². The van der Waals surface area contributed by atoms with E-state index in [1.807, 2.05) is 36.4 Å². The number of benzene rings is 2. The van der Waals surface area contributed by atoms with Crippen LogP contribution in [0.1, 0.15) is 46.0 Å². The monoisotopic (exact) mass is 496 g/mol. The number of methoxy groups -OCH3 is 1. The number of carbonyl (C=O) groups excluding carboxylic acids is 3. The number of imide groups is 1. The van der Waals surface area contributed by atoms with Crippen molar-refractivity contribution in [1.29, 1.82) is 0 Å². The number of fused-ring (bicyclic) bond motifs is 3. The molecule has 8 heteroatoms. The summed E-state index contributed by atoms with van der Waals surface area (Å²) in [6.07, 6.45) is 4.32. The summed E-state index contributed by atoms with van der Waals surface area (Å²) in [5.74, 6) is -0.931. The number of carbonyl (C=O) groups is 3. The smallest absolute Gasteiger partial charge is 0.337 e. The molecule has 2 amide bonds. The Morgan fingerprint density at radius 2 is 1.97 bits per heavy atom. The van der Waals surface area contributed by atoms with Crippen LogP contribution in [0.15, 0.2) is 71.8 Å². The van der Waals surface area contributed by atoms with Gasteiger partial charge in [0, 0.05) is 22.1 Å². The normalized spacial score (nSPS) is 18.5. The van der Waals surface area contributed by atoms with Crippen molar-refractivity contribution < 1.29 is 28.6 Å². The molecule has 1 aromatic heterocycles. The highest BCUT2D eigenvalue weighted by molar-refractivity contribution is 6.34. The van der Waals surface area contributed by atoms with E-state index in [4.69, 9.17) is 19.2 Å². The van der Waals surface area contributed by atoms with E-state index in [0.717, 1.165) is 11.1 Å². The second kappa shape index (κ2) is 9.38. The lowest BCUT2D eigenvalue weighted by Crippen LogP contribution is -2.33. The standard InChI is InChI=1S/C29H24N2O6/c1-35-29(34)18-11-12-23-21(13-18)22-15-37-24(16-36-14-17-7-3-2-4-8-17)25(22)26(30-23)31-27(32)19-9-5-6-10-20(19)28(31)33/h2-5,7-9,11-13,24H,6,10,14-16H2,1H3. The van der Waals surface area contributed by atoms with Gasteiger partial charge in [-0.15, -0.1) is 0 Å². The molecule has 2 aromatic carbocycles. The van der Waals surface area contributed by atoms with Crippen LogP contribution in [0.25, 0.3) is 10.9 Å². The predicted molar refractivity (Wildman–Crippen MR) is 135 cm³/mol. The highest BCUT2D eigenvalue weighted by Gasteiger charge is 2.43. The lowest BCUT2D eigenvalue weighted by atomic mass is 9.99. The predicted octanol–water partition coefficient (Wildman–Crippen LogP) is 4.33. The maximum atomic E-state index is 13.4. The van der Waals surface area contributed by atoms with Gasteiger partial charge in [-0.1, -0.05) is 42.5 Å². The van der Waals surface area contributed by atoms with E-state index in [9.17, 15) is 14.4 Å². The maximum Gasteiger partial charge on any atom is 0.337 e. The Hall–Kier alpha value is -4.14. The number of esters is 1. The number of rotatable bonds is 6. The number of hydrogen-bond donors (Lipinski definition) is 0. The van der Waals surface area contributed by atoms with E-state index >= 15 is 0 Å². The van der Waals surface area contributed by atoms with Crippen LogP contribution in [-0.4, -0.2) is 36.5 Å². The maximum absolute atomic E-state index is 13.4. The van der Waals surface area contributed by atoms with Crippen molar-refractivity contribution in [3.8, 4) is 0 Å². The van der Waals surface area contributed by atoms with Gasteiger partial charge >= 0.3 is 5.97 Å². The van der Waals surface area contributed by atoms with Crippen LogP contribution in [0.2, 0.25) is 0 Å². The summed E-state index contributed by atoms with van der Waals surface area (Å²) in [7, 11) is 1.33. The number of hydrogen-bond acceptors (Lipinski definition) is 7. The van der Waals surface area contributed by atoms with Gasteiger partial charge in [-0.25, -0.2) is 14.7 Å². The van der Waals surface area contributed by atoms with Crippen LogP contribution < -0.4 is 4.90 Å². The third kappa shape index (κ3) is 3.94. The van der Waals surface area contributed by atoms with Crippen molar-refractivity contribution >= 4 is 34.5 Å². The average Bonchev–Trinajstić information content (AvgIpc) is 3.47. The van der Waals surface area contributed by atoms with Crippen LogP contribution in [-0.2, 0) is 37.0 Å². The number of allylic oxidation sites excluding steroid dienone is 1. The summed E-state index contributed by atoms with van der Waals surface area (Å²) >= 11 is 0. The Bertz CT molecular complexity index is 1510. The minimum absolute atomic E-state index is 0.210. The number of aromatic nitrogens is 1. The second-order valence-electron chi connectivity index (χ2n) is 9.13. The fourth-order valence-electron chi connectivity index (χ4n) is 5.12. The van der Waals surface area contributed by atoms with E-state index in [-0.39, 0.29) is 30.8 Å². The summed E-state index contributed by atoms with van der Waals surface area (Å²) in [5, 5.41) is 0.712. The Morgan fingerprint density at radius 3 is 2.76 bits per heavy atom. The number of nitrogens with zero attached hydrogens (tertiary/aromatic N) is 2. The first-order valence-electron chi connectivity index (χ1n) is 12.1. The van der Waals surface area contributed by atoms with Crippen molar-refractivity contribution in [2.75, 3.05) is 18.6 Å². The summed E-state index contributed by atoms with van der Waals surface area (Å²) < 4.78 is 17.0. The van der Waals surface area contributed by atoms with Gasteiger partial charge in [0.15, 0.2) is 0 Å². The summed E-state index contributed by atoms with van der Waals surface area (Å²) in [6, 6.07) is 14.8. The summed E-state index contributed by atoms with van der Waals surface area (Å²) in [5.41, 5.74) is 4.30. The second-order valence-corrected chi connectivity index (χ2v) is 9.13. The molecule has 0 fully saturated rings. The SMILES string of the molecule is COC(=O)c1ccc2nc(N3C(=O)C4=C(CCC=C4)C3=O)c3c(c2c1)COC3COCc1ccccc1. The quantitative estimate of drug-likeness (QED) is 0.370. The molecule has 3 heterocycles. The van der Waals surface area contributed by atoms with E-state index in [1.165, 1.54) is 12.0 Å². The fraction of sp³-hybridized carbons (Fsp3) is 0.241. The highest BCUT2D eigenvalue weighted by atomic mass is 16.5. The number of amides is 2. The van der Waals surface area contributed by atoms with Gasteiger partial charge in [0.25, 0.3) is 11.8 Å². The lowest BCUT2D eigenvalue weighted by molar-refractivity contribution is -0.120. The van der Waals surface area contributed by atoms with E-state index < -0.39 is 12.1 Å². The Morgan fingerprint density at radius 1 is 1.14 bits per heavy atom. The molecule has 0 saturated heterocycles. The van der Waals surface area contributed by atoms with Gasteiger partial charge in [-0.2, -0.15) is 0 Å². The summed E-state index contributed by atoms with van der Waals surface area (Å²) in [6.45, 7) is 0.831. The van der Waals surface area contributed by atoms with Crippen LogP contribution in [0.3, 0.4) is 0 Å². The number of anilines is 1. The number of ether oxygens (including phenoxy) is 3. The van der Waals surface area contributed by atoms with Crippen molar-refractivity contribution in [2.24, 2.45) is 0 Å². The molecule has 6 rings (SSSR count). The molecular weight excluding hydrogens is 472 g/mol. The molecule has 1 atom stereocenters. The Kier molecular flexibility index (Phi) is 5.90. The molecular formula is C29H24N2O6. The number of pyridine rings is 1. The zero-order valence-corrected chi connectivity index (χ0v) is 20.2. The fourth-order valence-corrected chi connectivity index (χ4v) is 5.12. The van der Waals surface area contributed by atoms with Crippen molar-refractivity contribution in [1.82, 2.24) is 4.98 Å². The molecule has 2 aliphatic heterocycles. The highest BCUT2D eigenvalue weighted by Crippen LogP contribution is 2.44. The van der Waals surface area contributed by atoms with E-state index in [2.05, 4.69) is 0 Å². The Labute approximate surface area is 213 Å². The van der Waals surface area contributed by atoms with Gasteiger partial charge in [0.05, 0.1) is 38.0 Å². The molecule has 0 spiro atoms. The van der Waals surface area contributed by atoms with E-state index in [0.29, 0.717) is 52.6 Å². The molecule has 0 N–H and O–H groups in total. The molecule has 3 aliphatic rings. The summed E-state index contributed by atoms with van der Waals surface area (Å²) in [4.78, 5) is 45.0. The molecule has 0 radical (unpaired) electrons. The topological polar surface area (TPSA) is 95.0 Å². The minimum atomic E-state index is -0.541. The molecule has 3 aromatic rings. The van der Waals surface area contributed by atoms with Crippen LogP contribution in [0.4, 0.5) is 5.82 Å². The zero-order valence-electron chi connectivity index (χ0n) is 20.2.